The van der Waals surface area contributed by atoms with E-state index in [9.17, 15) is 9.59 Å². The van der Waals surface area contributed by atoms with Crippen molar-refractivity contribution in [2.45, 2.75) is 6.42 Å². The third-order valence-electron chi connectivity index (χ3n) is 3.18. The Hall–Kier alpha value is -0.890. The van der Waals surface area contributed by atoms with Gasteiger partial charge in [0, 0.05) is 20.1 Å². The van der Waals surface area contributed by atoms with Crippen molar-refractivity contribution in [2.75, 3.05) is 33.2 Å². The zero-order chi connectivity index (χ0) is 15.2. The summed E-state index contributed by atoms with van der Waals surface area (Å²) in [6.07, 6.45) is 3.06. The van der Waals surface area contributed by atoms with Gasteiger partial charge in [0.2, 0.25) is 5.91 Å². The SMILES string of the molecule is CN(CC(=O)NCC1=CCNCC1)C(=O)c1ccc(Br)s1.Cl. The number of amides is 2. The van der Waals surface area contributed by atoms with Crippen LogP contribution in [0.25, 0.3) is 0 Å². The number of nitrogens with one attached hydrogen (secondary N) is 2. The average molecular weight is 409 g/mol. The topological polar surface area (TPSA) is 61.4 Å². The van der Waals surface area contributed by atoms with Gasteiger partial charge in [0.15, 0.2) is 0 Å². The summed E-state index contributed by atoms with van der Waals surface area (Å²) in [5.74, 6) is -0.275. The highest BCUT2D eigenvalue weighted by Gasteiger charge is 2.16. The Morgan fingerprint density at radius 1 is 1.45 bits per heavy atom. The van der Waals surface area contributed by atoms with Crippen LogP contribution in [-0.4, -0.2) is 49.9 Å². The molecule has 1 aliphatic heterocycles. The first-order valence-electron chi connectivity index (χ1n) is 6.72. The second-order valence-electron chi connectivity index (χ2n) is 4.86. The minimum atomic E-state index is -0.138. The summed E-state index contributed by atoms with van der Waals surface area (Å²) in [6, 6.07) is 3.58. The van der Waals surface area contributed by atoms with E-state index in [-0.39, 0.29) is 30.8 Å². The molecule has 5 nitrogen and oxygen atoms in total. The minimum Gasteiger partial charge on any atom is -0.351 e. The van der Waals surface area contributed by atoms with Crippen LogP contribution >= 0.6 is 39.7 Å². The molecule has 0 radical (unpaired) electrons. The maximum absolute atomic E-state index is 12.1. The van der Waals surface area contributed by atoms with E-state index in [1.807, 2.05) is 6.07 Å². The Morgan fingerprint density at radius 3 is 2.82 bits per heavy atom. The summed E-state index contributed by atoms with van der Waals surface area (Å²) < 4.78 is 0.904. The van der Waals surface area contributed by atoms with E-state index < -0.39 is 0 Å². The van der Waals surface area contributed by atoms with Gasteiger partial charge < -0.3 is 15.5 Å². The first kappa shape index (κ1) is 19.2. The van der Waals surface area contributed by atoms with Crippen LogP contribution in [0.4, 0.5) is 0 Å². The van der Waals surface area contributed by atoms with Crippen molar-refractivity contribution < 1.29 is 9.59 Å². The smallest absolute Gasteiger partial charge is 0.264 e. The highest BCUT2D eigenvalue weighted by atomic mass is 79.9. The molecule has 22 heavy (non-hydrogen) atoms. The Labute approximate surface area is 148 Å². The van der Waals surface area contributed by atoms with Crippen LogP contribution in [0.15, 0.2) is 27.6 Å². The number of hydrogen-bond acceptors (Lipinski definition) is 4. The number of likely N-dealkylation sites (N-methyl/N-ethyl adjacent to an activating group) is 1. The lowest BCUT2D eigenvalue weighted by molar-refractivity contribution is -0.121. The van der Waals surface area contributed by atoms with Crippen LogP contribution in [0.2, 0.25) is 0 Å². The molecule has 0 spiro atoms. The van der Waals surface area contributed by atoms with Gasteiger partial charge in [-0.15, -0.1) is 23.7 Å². The van der Waals surface area contributed by atoms with Gasteiger partial charge in [0.1, 0.15) is 0 Å². The molecule has 0 aliphatic carbocycles. The molecule has 2 N–H and O–H groups in total. The predicted molar refractivity (Wildman–Crippen MR) is 94.8 cm³/mol. The van der Waals surface area contributed by atoms with Crippen LogP contribution in [0.5, 0.6) is 0 Å². The maximum atomic E-state index is 12.1. The van der Waals surface area contributed by atoms with Gasteiger partial charge >= 0.3 is 0 Å². The van der Waals surface area contributed by atoms with Gasteiger partial charge in [-0.1, -0.05) is 11.6 Å². The fraction of sp³-hybridized carbons (Fsp3) is 0.429. The number of carbonyl (C=O) groups is 2. The molecule has 0 saturated carbocycles. The monoisotopic (exact) mass is 407 g/mol. The van der Waals surface area contributed by atoms with Crippen molar-refractivity contribution in [3.8, 4) is 0 Å². The highest BCUT2D eigenvalue weighted by Crippen LogP contribution is 2.22. The average Bonchev–Trinajstić information content (AvgIpc) is 2.92. The molecule has 0 aromatic carbocycles. The Morgan fingerprint density at radius 2 is 2.23 bits per heavy atom. The quantitative estimate of drug-likeness (QED) is 0.733. The van der Waals surface area contributed by atoms with Crippen molar-refractivity contribution in [1.82, 2.24) is 15.5 Å². The van der Waals surface area contributed by atoms with Gasteiger partial charge in [-0.2, -0.15) is 0 Å². The minimum absolute atomic E-state index is 0. The number of hydrogen-bond donors (Lipinski definition) is 2. The van der Waals surface area contributed by atoms with Crippen molar-refractivity contribution in [3.05, 3.63) is 32.4 Å². The number of carbonyl (C=O) groups excluding carboxylic acids is 2. The molecule has 0 atom stereocenters. The van der Waals surface area contributed by atoms with Crippen LogP contribution < -0.4 is 10.6 Å². The van der Waals surface area contributed by atoms with Crippen molar-refractivity contribution >= 4 is 51.5 Å². The highest BCUT2D eigenvalue weighted by molar-refractivity contribution is 9.11. The van der Waals surface area contributed by atoms with E-state index in [0.717, 1.165) is 23.3 Å². The van der Waals surface area contributed by atoms with E-state index >= 15 is 0 Å². The molecular weight excluding hydrogens is 390 g/mol. The lowest BCUT2D eigenvalue weighted by atomic mass is 10.1. The summed E-state index contributed by atoms with van der Waals surface area (Å²) in [7, 11) is 1.64. The van der Waals surface area contributed by atoms with Crippen LogP contribution in [0, 0.1) is 0 Å². The molecule has 2 rings (SSSR count). The molecule has 1 aromatic rings. The summed E-state index contributed by atoms with van der Waals surface area (Å²) in [5, 5.41) is 6.09. The third-order valence-corrected chi connectivity index (χ3v) is 4.79. The van der Waals surface area contributed by atoms with Gasteiger partial charge in [0.05, 0.1) is 15.2 Å². The first-order valence-corrected chi connectivity index (χ1v) is 8.33. The predicted octanol–water partition coefficient (Wildman–Crippen LogP) is 2.04. The molecule has 8 heteroatoms. The van der Waals surface area contributed by atoms with Gasteiger partial charge in [0.25, 0.3) is 5.91 Å². The molecular formula is C14H19BrClN3O2S. The van der Waals surface area contributed by atoms with Crippen molar-refractivity contribution in [2.24, 2.45) is 0 Å². The number of halogens is 2. The summed E-state index contributed by atoms with van der Waals surface area (Å²) >= 11 is 4.69. The van der Waals surface area contributed by atoms with Crippen molar-refractivity contribution in [3.63, 3.8) is 0 Å². The molecule has 0 saturated heterocycles. The third kappa shape index (κ3) is 5.72. The van der Waals surface area contributed by atoms with Crippen LogP contribution in [0.3, 0.4) is 0 Å². The summed E-state index contributed by atoms with van der Waals surface area (Å²) in [6.45, 7) is 2.44. The molecule has 0 fully saturated rings. The van der Waals surface area contributed by atoms with E-state index in [0.29, 0.717) is 11.4 Å². The van der Waals surface area contributed by atoms with Gasteiger partial charge in [-0.25, -0.2) is 0 Å². The van der Waals surface area contributed by atoms with Gasteiger partial charge in [-0.3, -0.25) is 9.59 Å². The molecule has 122 valence electrons. The largest absolute Gasteiger partial charge is 0.351 e. The van der Waals surface area contributed by atoms with Gasteiger partial charge in [-0.05, 0) is 41.0 Å². The lowest BCUT2D eigenvalue weighted by Gasteiger charge is -2.18. The summed E-state index contributed by atoms with van der Waals surface area (Å²) in [5.41, 5.74) is 1.23. The normalized spacial score (nSPS) is 13.8. The Kier molecular flexibility index (Phi) is 8.09. The van der Waals surface area contributed by atoms with Crippen LogP contribution in [0.1, 0.15) is 16.1 Å². The van der Waals surface area contributed by atoms with Crippen molar-refractivity contribution in [1.29, 1.82) is 0 Å². The molecule has 0 bridgehead atoms. The standard InChI is InChI=1S/C14H18BrN3O2S.ClH/c1-18(14(20)11-2-3-12(15)21-11)9-13(19)17-8-10-4-6-16-7-5-10;/h2-4,16H,5-9H2,1H3,(H,17,19);1H. The second kappa shape index (κ2) is 9.29. The number of nitrogens with zero attached hydrogens (tertiary/aromatic N) is 1. The fourth-order valence-electron chi connectivity index (χ4n) is 2.00. The van der Waals surface area contributed by atoms with E-state index in [4.69, 9.17) is 0 Å². The first-order chi connectivity index (χ1) is 10.1. The van der Waals surface area contributed by atoms with E-state index in [1.165, 1.54) is 21.8 Å². The number of rotatable bonds is 5. The Bertz CT molecular complexity index is 562. The molecule has 2 heterocycles. The molecule has 0 unspecified atom stereocenters. The zero-order valence-corrected chi connectivity index (χ0v) is 15.4. The fourth-order valence-corrected chi connectivity index (χ4v) is 3.38. The maximum Gasteiger partial charge on any atom is 0.264 e. The molecule has 1 aromatic heterocycles. The second-order valence-corrected chi connectivity index (χ2v) is 7.32. The number of thiophene rings is 1. The molecule has 2 amide bonds. The van der Waals surface area contributed by atoms with E-state index in [1.54, 1.807) is 13.1 Å². The zero-order valence-electron chi connectivity index (χ0n) is 12.2. The van der Waals surface area contributed by atoms with Crippen LogP contribution in [-0.2, 0) is 4.79 Å². The Balaban J connectivity index is 0.00000242. The summed E-state index contributed by atoms with van der Waals surface area (Å²) in [4.78, 5) is 26.1. The molecule has 1 aliphatic rings. The van der Waals surface area contributed by atoms with E-state index in [2.05, 4.69) is 32.6 Å². The lowest BCUT2D eigenvalue weighted by Crippen LogP contribution is -2.39.